The second-order valence-corrected chi connectivity index (χ2v) is 5.93. The van der Waals surface area contributed by atoms with Crippen LogP contribution in [0.15, 0.2) is 29.0 Å². The average molecular weight is 329 g/mol. The van der Waals surface area contributed by atoms with Gasteiger partial charge in [0.05, 0.1) is 12.7 Å². The van der Waals surface area contributed by atoms with E-state index in [0.29, 0.717) is 31.9 Å². The van der Waals surface area contributed by atoms with Crippen molar-refractivity contribution in [1.29, 1.82) is 0 Å². The van der Waals surface area contributed by atoms with Gasteiger partial charge in [0.1, 0.15) is 29.9 Å². The van der Waals surface area contributed by atoms with Gasteiger partial charge in [-0.1, -0.05) is 5.16 Å². The molecule has 1 fully saturated rings. The number of hydrogen-bond donors (Lipinski definition) is 2. The van der Waals surface area contributed by atoms with Gasteiger partial charge in [-0.3, -0.25) is 15.2 Å². The molecule has 0 radical (unpaired) electrons. The van der Waals surface area contributed by atoms with Crippen LogP contribution in [0.1, 0.15) is 23.4 Å². The van der Waals surface area contributed by atoms with Crippen LogP contribution in [0.4, 0.5) is 0 Å². The fourth-order valence-corrected chi connectivity index (χ4v) is 3.04. The van der Waals surface area contributed by atoms with Crippen LogP contribution >= 0.6 is 0 Å². The summed E-state index contributed by atoms with van der Waals surface area (Å²) in [7, 11) is 0. The molecule has 1 amide bonds. The van der Waals surface area contributed by atoms with Gasteiger partial charge >= 0.3 is 0 Å². The van der Waals surface area contributed by atoms with E-state index in [-0.39, 0.29) is 11.9 Å². The number of ether oxygens (including phenoxy) is 1. The summed E-state index contributed by atoms with van der Waals surface area (Å²) in [6.07, 6.45) is 4.84. The Bertz CT molecular complexity index is 712. The minimum atomic E-state index is -0.151. The summed E-state index contributed by atoms with van der Waals surface area (Å²) in [5, 5.41) is 4.12. The Labute approximate surface area is 139 Å². The molecule has 2 aromatic heterocycles. The van der Waals surface area contributed by atoms with Crippen LogP contribution in [-0.4, -0.2) is 40.1 Å². The molecular weight excluding hydrogens is 310 g/mol. The van der Waals surface area contributed by atoms with Gasteiger partial charge in [0, 0.05) is 31.3 Å². The maximum absolute atomic E-state index is 12.6. The Balaban J connectivity index is 1.44. The smallest absolute Gasteiger partial charge is 0.241 e. The molecule has 1 unspecified atom stereocenters. The predicted molar refractivity (Wildman–Crippen MR) is 83.7 cm³/mol. The second-order valence-electron chi connectivity index (χ2n) is 5.93. The summed E-state index contributed by atoms with van der Waals surface area (Å²) in [5.41, 5.74) is 7.72. The summed E-state index contributed by atoms with van der Waals surface area (Å²) < 4.78 is 11.1. The molecule has 2 N–H and O–H groups in total. The second kappa shape index (κ2) is 6.58. The first-order valence-corrected chi connectivity index (χ1v) is 8.07. The normalized spacial score (nSPS) is 20.0. The van der Waals surface area contributed by atoms with Gasteiger partial charge in [-0.05, 0) is 18.6 Å². The molecule has 0 aromatic carbocycles. The van der Waals surface area contributed by atoms with E-state index in [9.17, 15) is 4.79 Å². The first-order valence-electron chi connectivity index (χ1n) is 8.07. The van der Waals surface area contributed by atoms with Crippen molar-refractivity contribution < 1.29 is 14.1 Å². The third-order valence-corrected chi connectivity index (χ3v) is 4.36. The van der Waals surface area contributed by atoms with Crippen LogP contribution in [0.25, 0.3) is 0 Å². The van der Waals surface area contributed by atoms with E-state index in [1.165, 1.54) is 0 Å². The third-order valence-electron chi connectivity index (χ3n) is 4.36. The van der Waals surface area contributed by atoms with Crippen LogP contribution < -0.4 is 15.6 Å². The van der Waals surface area contributed by atoms with E-state index < -0.39 is 0 Å². The van der Waals surface area contributed by atoms with E-state index in [1.807, 2.05) is 17.0 Å². The lowest BCUT2D eigenvalue weighted by atomic mass is 10.0. The number of pyridine rings is 1. The highest BCUT2D eigenvalue weighted by atomic mass is 16.5. The van der Waals surface area contributed by atoms with Crippen LogP contribution in [0.3, 0.4) is 0 Å². The molecule has 0 spiro atoms. The molecule has 0 aliphatic carbocycles. The highest BCUT2D eigenvalue weighted by Gasteiger charge is 2.32. The maximum Gasteiger partial charge on any atom is 0.241 e. The molecule has 0 saturated carbocycles. The minimum absolute atomic E-state index is 0.117. The van der Waals surface area contributed by atoms with Gasteiger partial charge < -0.3 is 14.2 Å². The van der Waals surface area contributed by atoms with E-state index in [4.69, 9.17) is 9.26 Å². The number of hydrazine groups is 1. The molecular formula is C16H19N5O3. The number of carbonyl (C=O) groups excluding carboxylic acids is 1. The van der Waals surface area contributed by atoms with Gasteiger partial charge in [0.15, 0.2) is 0 Å². The Hall–Kier alpha value is -2.45. The monoisotopic (exact) mass is 329 g/mol. The molecule has 2 aliphatic rings. The van der Waals surface area contributed by atoms with Crippen molar-refractivity contribution in [3.63, 3.8) is 0 Å². The molecule has 24 heavy (non-hydrogen) atoms. The van der Waals surface area contributed by atoms with Crippen molar-refractivity contribution in [2.75, 3.05) is 13.1 Å². The van der Waals surface area contributed by atoms with E-state index in [0.717, 1.165) is 30.0 Å². The van der Waals surface area contributed by atoms with Gasteiger partial charge in [0.2, 0.25) is 5.91 Å². The van der Waals surface area contributed by atoms with Crippen molar-refractivity contribution >= 4 is 5.91 Å². The zero-order valence-electron chi connectivity index (χ0n) is 13.2. The van der Waals surface area contributed by atoms with Crippen LogP contribution in [0, 0.1) is 0 Å². The molecule has 1 saturated heterocycles. The lowest BCUT2D eigenvalue weighted by Gasteiger charge is -2.28. The fraction of sp³-hybridized carbons (Fsp3) is 0.438. The maximum atomic E-state index is 12.6. The summed E-state index contributed by atoms with van der Waals surface area (Å²) in [5.74, 6) is 1.64. The first-order chi connectivity index (χ1) is 11.8. The minimum Gasteiger partial charge on any atom is -0.486 e. The van der Waals surface area contributed by atoms with Gasteiger partial charge in [0.25, 0.3) is 0 Å². The van der Waals surface area contributed by atoms with E-state index >= 15 is 0 Å². The molecule has 126 valence electrons. The Morgan fingerprint density at radius 1 is 1.50 bits per heavy atom. The molecule has 0 bridgehead atoms. The number of nitrogens with zero attached hydrogens (tertiary/aromatic N) is 3. The lowest BCUT2D eigenvalue weighted by Crippen LogP contribution is -2.47. The molecule has 4 rings (SSSR count). The highest BCUT2D eigenvalue weighted by Crippen LogP contribution is 2.24. The lowest BCUT2D eigenvalue weighted by molar-refractivity contribution is -0.134. The van der Waals surface area contributed by atoms with Crippen molar-refractivity contribution in [3.8, 4) is 5.75 Å². The summed E-state index contributed by atoms with van der Waals surface area (Å²) in [4.78, 5) is 18.4. The van der Waals surface area contributed by atoms with Crippen LogP contribution in [0.2, 0.25) is 0 Å². The van der Waals surface area contributed by atoms with Gasteiger partial charge in [-0.25, -0.2) is 5.43 Å². The summed E-state index contributed by atoms with van der Waals surface area (Å²) in [6, 6.07) is 3.51. The first kappa shape index (κ1) is 15.1. The number of nitrogens with one attached hydrogen (secondary N) is 2. The fourth-order valence-electron chi connectivity index (χ4n) is 3.04. The van der Waals surface area contributed by atoms with Crippen molar-refractivity contribution in [3.05, 3.63) is 41.5 Å². The summed E-state index contributed by atoms with van der Waals surface area (Å²) >= 11 is 0. The Kier molecular flexibility index (Phi) is 4.14. The average Bonchev–Trinajstić information content (AvgIpc) is 3.30. The van der Waals surface area contributed by atoms with Crippen LogP contribution in [0.5, 0.6) is 5.75 Å². The molecule has 1 atom stereocenters. The Morgan fingerprint density at radius 3 is 3.25 bits per heavy atom. The quantitative estimate of drug-likeness (QED) is 0.839. The van der Waals surface area contributed by atoms with Crippen LogP contribution in [-0.2, 0) is 24.4 Å². The summed E-state index contributed by atoms with van der Waals surface area (Å²) in [6.45, 7) is 2.28. The number of rotatable bonds is 4. The van der Waals surface area contributed by atoms with Crippen molar-refractivity contribution in [2.45, 2.75) is 32.0 Å². The number of aromatic nitrogens is 2. The number of fused-ring (bicyclic) bond motifs is 1. The highest BCUT2D eigenvalue weighted by molar-refractivity contribution is 5.82. The topological polar surface area (TPSA) is 92.5 Å². The SMILES string of the molecule is O=C(C1CCNN1)N1CCc2onc(COc3cccnc3)c2C1. The third kappa shape index (κ3) is 2.98. The molecule has 8 heteroatoms. The van der Waals surface area contributed by atoms with E-state index in [2.05, 4.69) is 21.0 Å². The molecule has 8 nitrogen and oxygen atoms in total. The molecule has 2 aliphatic heterocycles. The molecule has 2 aromatic rings. The van der Waals surface area contributed by atoms with E-state index in [1.54, 1.807) is 12.4 Å². The Morgan fingerprint density at radius 2 is 2.46 bits per heavy atom. The molecule has 4 heterocycles. The van der Waals surface area contributed by atoms with Crippen molar-refractivity contribution in [2.24, 2.45) is 0 Å². The number of amides is 1. The van der Waals surface area contributed by atoms with Gasteiger partial charge in [-0.2, -0.15) is 0 Å². The zero-order valence-corrected chi connectivity index (χ0v) is 13.2. The number of carbonyl (C=O) groups is 1. The number of hydrogen-bond acceptors (Lipinski definition) is 7. The zero-order chi connectivity index (χ0) is 16.4. The predicted octanol–water partition coefficient (Wildman–Crippen LogP) is 0.400. The standard InChI is InChI=1S/C16H19N5O3/c22-16(13-3-6-18-19-13)21-7-4-15-12(9-21)14(20-24-15)10-23-11-2-1-5-17-8-11/h1-2,5,8,13,18-19H,3-4,6-7,9-10H2. The largest absolute Gasteiger partial charge is 0.486 e. The van der Waals surface area contributed by atoms with Crippen molar-refractivity contribution in [1.82, 2.24) is 25.9 Å². The van der Waals surface area contributed by atoms with Gasteiger partial charge in [-0.15, -0.1) is 0 Å².